The first-order chi connectivity index (χ1) is 11.7. The van der Waals surface area contributed by atoms with Crippen molar-refractivity contribution in [1.82, 2.24) is 4.90 Å². The lowest BCUT2D eigenvalue weighted by Crippen LogP contribution is -2.37. The molecular weight excluding hydrogens is 310 g/mol. The highest BCUT2D eigenvalue weighted by Gasteiger charge is 2.30. The molecule has 0 unspecified atom stereocenters. The highest BCUT2D eigenvalue weighted by Crippen LogP contribution is 2.26. The van der Waals surface area contributed by atoms with E-state index in [1.807, 2.05) is 35.2 Å². The number of benzene rings is 1. The molecule has 1 saturated heterocycles. The van der Waals surface area contributed by atoms with Gasteiger partial charge < -0.3 is 19.1 Å². The van der Waals surface area contributed by atoms with Crippen LogP contribution in [0, 0.1) is 0 Å². The molecule has 130 valence electrons. The van der Waals surface area contributed by atoms with Gasteiger partial charge in [0.05, 0.1) is 32.1 Å². The highest BCUT2D eigenvalue weighted by atomic mass is 16.6. The van der Waals surface area contributed by atoms with Crippen molar-refractivity contribution in [2.45, 2.75) is 13.8 Å². The maximum Gasteiger partial charge on any atom is 0.347 e. The normalized spacial score (nSPS) is 14.0. The molecule has 1 heterocycles. The fourth-order valence-electron chi connectivity index (χ4n) is 2.55. The third kappa shape index (κ3) is 4.35. The molecule has 1 aliphatic rings. The Morgan fingerprint density at radius 2 is 1.54 bits per heavy atom. The molecule has 0 saturated carbocycles. The Kier molecular flexibility index (Phi) is 6.81. The summed E-state index contributed by atoms with van der Waals surface area (Å²) in [6.07, 6.45) is 0. The molecule has 0 aliphatic carbocycles. The molecule has 0 bridgehead atoms. The molecule has 0 atom stereocenters. The van der Waals surface area contributed by atoms with E-state index in [0.29, 0.717) is 32.0 Å². The Morgan fingerprint density at radius 1 is 1.00 bits per heavy atom. The molecule has 1 aliphatic heterocycles. The van der Waals surface area contributed by atoms with E-state index < -0.39 is 11.9 Å². The first-order valence-corrected chi connectivity index (χ1v) is 8.15. The van der Waals surface area contributed by atoms with E-state index in [4.69, 9.17) is 14.2 Å². The van der Waals surface area contributed by atoms with Crippen molar-refractivity contribution in [1.29, 1.82) is 0 Å². The van der Waals surface area contributed by atoms with Gasteiger partial charge in [-0.2, -0.15) is 0 Å². The number of nitrogens with zero attached hydrogens (tertiary/aromatic N) is 1. The summed E-state index contributed by atoms with van der Waals surface area (Å²) in [5.74, 6) is -1.33. The van der Waals surface area contributed by atoms with Crippen LogP contribution in [0.1, 0.15) is 19.4 Å². The molecule has 6 heteroatoms. The molecule has 6 nitrogen and oxygen atoms in total. The van der Waals surface area contributed by atoms with Crippen LogP contribution >= 0.6 is 0 Å². The Bertz CT molecular complexity index is 571. The number of hydrogen-bond donors (Lipinski definition) is 0. The van der Waals surface area contributed by atoms with Gasteiger partial charge in [-0.25, -0.2) is 9.59 Å². The SMILES string of the molecule is CCOC(=O)C(C(=O)OCC)=C(c1ccccc1)N1CCOCC1. The first-order valence-electron chi connectivity index (χ1n) is 8.15. The monoisotopic (exact) mass is 333 g/mol. The number of rotatable bonds is 6. The Morgan fingerprint density at radius 3 is 2.04 bits per heavy atom. The zero-order valence-corrected chi connectivity index (χ0v) is 14.1. The van der Waals surface area contributed by atoms with Crippen LogP contribution in [0.5, 0.6) is 0 Å². The number of ether oxygens (including phenoxy) is 3. The predicted molar refractivity (Wildman–Crippen MR) is 89.0 cm³/mol. The molecule has 0 N–H and O–H groups in total. The lowest BCUT2D eigenvalue weighted by molar-refractivity contribution is -0.146. The third-order valence-corrected chi connectivity index (χ3v) is 3.57. The molecule has 0 radical (unpaired) electrons. The molecule has 1 aromatic carbocycles. The topological polar surface area (TPSA) is 65.1 Å². The highest BCUT2D eigenvalue weighted by molar-refractivity contribution is 6.19. The zero-order valence-electron chi connectivity index (χ0n) is 14.1. The molecule has 2 rings (SSSR count). The maximum absolute atomic E-state index is 12.5. The van der Waals surface area contributed by atoms with Gasteiger partial charge in [0.25, 0.3) is 0 Å². The van der Waals surface area contributed by atoms with Crippen molar-refractivity contribution in [2.24, 2.45) is 0 Å². The number of carbonyl (C=O) groups excluding carboxylic acids is 2. The molecule has 0 spiro atoms. The summed E-state index contributed by atoms with van der Waals surface area (Å²) < 4.78 is 15.6. The second-order valence-corrected chi connectivity index (χ2v) is 5.13. The summed E-state index contributed by atoms with van der Waals surface area (Å²) in [6.45, 7) is 6.04. The van der Waals surface area contributed by atoms with E-state index in [0.717, 1.165) is 5.56 Å². The van der Waals surface area contributed by atoms with E-state index >= 15 is 0 Å². The van der Waals surface area contributed by atoms with Crippen LogP contribution in [0.25, 0.3) is 5.70 Å². The van der Waals surface area contributed by atoms with Crippen molar-refractivity contribution in [2.75, 3.05) is 39.5 Å². The van der Waals surface area contributed by atoms with Gasteiger partial charge in [-0.05, 0) is 19.4 Å². The Labute approximate surface area is 142 Å². The van der Waals surface area contributed by atoms with Gasteiger partial charge in [0.2, 0.25) is 0 Å². The maximum atomic E-state index is 12.5. The van der Waals surface area contributed by atoms with Gasteiger partial charge in [-0.15, -0.1) is 0 Å². The molecule has 0 aromatic heterocycles. The van der Waals surface area contributed by atoms with E-state index in [1.54, 1.807) is 13.8 Å². The van der Waals surface area contributed by atoms with Gasteiger partial charge >= 0.3 is 11.9 Å². The minimum absolute atomic E-state index is 0.0631. The van der Waals surface area contributed by atoms with Crippen LogP contribution in [-0.4, -0.2) is 56.4 Å². The molecule has 0 amide bonds. The number of carbonyl (C=O) groups is 2. The Hall–Kier alpha value is -2.34. The number of morpholine rings is 1. The van der Waals surface area contributed by atoms with Crippen molar-refractivity contribution in [3.63, 3.8) is 0 Å². The van der Waals surface area contributed by atoms with Crippen LogP contribution in [0.15, 0.2) is 35.9 Å². The third-order valence-electron chi connectivity index (χ3n) is 3.57. The fraction of sp³-hybridized carbons (Fsp3) is 0.444. The minimum atomic E-state index is -0.665. The van der Waals surface area contributed by atoms with Crippen LogP contribution in [0.2, 0.25) is 0 Å². The summed E-state index contributed by atoms with van der Waals surface area (Å²) in [5, 5.41) is 0. The average Bonchev–Trinajstić information content (AvgIpc) is 2.61. The Balaban J connectivity index is 2.57. The molecule has 24 heavy (non-hydrogen) atoms. The number of hydrogen-bond acceptors (Lipinski definition) is 6. The van der Waals surface area contributed by atoms with Gasteiger partial charge in [-0.1, -0.05) is 30.3 Å². The van der Waals surface area contributed by atoms with E-state index in [-0.39, 0.29) is 18.8 Å². The second kappa shape index (κ2) is 9.08. The van der Waals surface area contributed by atoms with Gasteiger partial charge in [0.15, 0.2) is 5.57 Å². The van der Waals surface area contributed by atoms with Crippen LogP contribution in [0.4, 0.5) is 0 Å². The zero-order chi connectivity index (χ0) is 17.4. The number of esters is 2. The summed E-state index contributed by atoms with van der Waals surface area (Å²) in [5.41, 5.74) is 1.25. The van der Waals surface area contributed by atoms with E-state index in [2.05, 4.69) is 0 Å². The smallest absolute Gasteiger partial charge is 0.347 e. The van der Waals surface area contributed by atoms with Gasteiger partial charge in [0.1, 0.15) is 0 Å². The van der Waals surface area contributed by atoms with E-state index in [1.165, 1.54) is 0 Å². The average molecular weight is 333 g/mol. The summed E-state index contributed by atoms with van der Waals surface area (Å²) >= 11 is 0. The van der Waals surface area contributed by atoms with Crippen molar-refractivity contribution in [3.8, 4) is 0 Å². The second-order valence-electron chi connectivity index (χ2n) is 5.13. The van der Waals surface area contributed by atoms with Crippen LogP contribution < -0.4 is 0 Å². The van der Waals surface area contributed by atoms with Crippen LogP contribution in [-0.2, 0) is 23.8 Å². The van der Waals surface area contributed by atoms with Gasteiger partial charge in [-0.3, -0.25) is 0 Å². The van der Waals surface area contributed by atoms with Gasteiger partial charge in [0, 0.05) is 13.1 Å². The summed E-state index contributed by atoms with van der Waals surface area (Å²) in [7, 11) is 0. The quantitative estimate of drug-likeness (QED) is 0.343. The largest absolute Gasteiger partial charge is 0.462 e. The molecular formula is C18H23NO5. The molecule has 1 fully saturated rings. The molecule has 1 aromatic rings. The summed E-state index contributed by atoms with van der Waals surface area (Å²) in [4.78, 5) is 26.9. The van der Waals surface area contributed by atoms with Crippen molar-refractivity contribution < 1.29 is 23.8 Å². The first kappa shape index (κ1) is 18.0. The van der Waals surface area contributed by atoms with Crippen LogP contribution in [0.3, 0.4) is 0 Å². The lowest BCUT2D eigenvalue weighted by Gasteiger charge is -2.32. The lowest BCUT2D eigenvalue weighted by atomic mass is 10.0. The summed E-state index contributed by atoms with van der Waals surface area (Å²) in [6, 6.07) is 9.34. The van der Waals surface area contributed by atoms with Crippen molar-refractivity contribution >= 4 is 17.6 Å². The standard InChI is InChI=1S/C18H23NO5/c1-3-23-17(20)15(18(21)24-4-2)16(14-8-6-5-7-9-14)19-10-12-22-13-11-19/h5-9H,3-4,10-13H2,1-2H3. The van der Waals surface area contributed by atoms with E-state index in [9.17, 15) is 9.59 Å². The van der Waals surface area contributed by atoms with Crippen molar-refractivity contribution in [3.05, 3.63) is 41.5 Å². The predicted octanol–water partition coefficient (Wildman–Crippen LogP) is 1.86. The minimum Gasteiger partial charge on any atom is -0.462 e. The fourth-order valence-corrected chi connectivity index (χ4v) is 2.55.